The number of benzene rings is 2. The van der Waals surface area contributed by atoms with Crippen LogP contribution in [0.15, 0.2) is 59.8 Å². The van der Waals surface area contributed by atoms with E-state index < -0.39 is 47.2 Å². The van der Waals surface area contributed by atoms with Crippen LogP contribution in [-0.4, -0.2) is 20.2 Å². The molecule has 1 amide bonds. The van der Waals surface area contributed by atoms with Gasteiger partial charge in [-0.15, -0.1) is 5.14 Å². The molecular weight excluding hydrogens is 462 g/mol. The lowest BCUT2D eigenvalue weighted by Gasteiger charge is -2.14. The van der Waals surface area contributed by atoms with Gasteiger partial charge in [0.2, 0.25) is 10.8 Å². The fourth-order valence-electron chi connectivity index (χ4n) is 2.87. The van der Waals surface area contributed by atoms with E-state index in [-0.39, 0.29) is 21.8 Å². The van der Waals surface area contributed by atoms with Crippen molar-refractivity contribution < 1.29 is 35.7 Å². The molecule has 0 radical (unpaired) electrons. The SMILES string of the molecule is N[S+]([O-])c1cc(NC(=O)Cc2ccccc2C(F)(F)F)ccc1-n1cc(C(F)(F)F)cn1. The van der Waals surface area contributed by atoms with Crippen LogP contribution in [0.2, 0.25) is 0 Å². The Hall–Kier alpha value is -3.03. The zero-order valence-electron chi connectivity index (χ0n) is 15.9. The molecule has 1 unspecified atom stereocenters. The minimum Gasteiger partial charge on any atom is -0.593 e. The molecule has 13 heteroatoms. The van der Waals surface area contributed by atoms with Crippen LogP contribution in [-0.2, 0) is 34.9 Å². The zero-order chi connectivity index (χ0) is 23.7. The van der Waals surface area contributed by atoms with Gasteiger partial charge in [-0.3, -0.25) is 4.79 Å². The summed E-state index contributed by atoms with van der Waals surface area (Å²) < 4.78 is 90.4. The van der Waals surface area contributed by atoms with Crippen molar-refractivity contribution in [2.24, 2.45) is 5.14 Å². The molecule has 3 rings (SSSR count). The first-order chi connectivity index (χ1) is 14.9. The summed E-state index contributed by atoms with van der Waals surface area (Å²) in [4.78, 5) is 12.1. The van der Waals surface area contributed by atoms with Gasteiger partial charge in [0, 0.05) is 18.0 Å². The Morgan fingerprint density at radius 1 is 1.09 bits per heavy atom. The van der Waals surface area contributed by atoms with E-state index in [2.05, 4.69) is 10.4 Å². The highest BCUT2D eigenvalue weighted by Gasteiger charge is 2.34. The molecule has 2 aromatic carbocycles. The average molecular weight is 476 g/mol. The number of anilines is 1. The maximum atomic E-state index is 13.1. The number of alkyl halides is 6. The maximum absolute atomic E-state index is 13.1. The number of carbonyl (C=O) groups is 1. The molecule has 32 heavy (non-hydrogen) atoms. The van der Waals surface area contributed by atoms with Crippen molar-refractivity contribution in [3.8, 4) is 5.69 Å². The third-order valence-corrected chi connectivity index (χ3v) is 5.05. The van der Waals surface area contributed by atoms with Crippen LogP contribution in [0.4, 0.5) is 32.0 Å². The first-order valence-electron chi connectivity index (χ1n) is 8.73. The number of amides is 1. The summed E-state index contributed by atoms with van der Waals surface area (Å²) in [5, 5.41) is 11.4. The van der Waals surface area contributed by atoms with Crippen molar-refractivity contribution in [2.75, 3.05) is 5.32 Å². The maximum Gasteiger partial charge on any atom is 0.419 e. The molecule has 0 fully saturated rings. The predicted molar refractivity (Wildman–Crippen MR) is 103 cm³/mol. The third kappa shape index (κ3) is 5.41. The summed E-state index contributed by atoms with van der Waals surface area (Å²) in [5.41, 5.74) is -2.21. The third-order valence-electron chi connectivity index (χ3n) is 4.29. The minimum absolute atomic E-state index is 0.0262. The topological polar surface area (TPSA) is 96.0 Å². The van der Waals surface area contributed by atoms with E-state index in [1.54, 1.807) is 0 Å². The van der Waals surface area contributed by atoms with Crippen molar-refractivity contribution in [1.82, 2.24) is 9.78 Å². The van der Waals surface area contributed by atoms with E-state index in [1.807, 2.05) is 0 Å². The van der Waals surface area contributed by atoms with Crippen molar-refractivity contribution in [1.29, 1.82) is 0 Å². The summed E-state index contributed by atoms with van der Waals surface area (Å²) in [7, 11) is 0. The van der Waals surface area contributed by atoms with Gasteiger partial charge in [-0.2, -0.15) is 31.4 Å². The molecule has 0 saturated carbocycles. The number of hydrogen-bond donors (Lipinski definition) is 2. The molecule has 3 aromatic rings. The number of hydrogen-bond acceptors (Lipinski definition) is 4. The summed E-state index contributed by atoms with van der Waals surface area (Å²) in [5.74, 6) is -0.790. The van der Waals surface area contributed by atoms with Crippen LogP contribution in [0.5, 0.6) is 0 Å². The van der Waals surface area contributed by atoms with E-state index in [0.717, 1.165) is 16.8 Å². The quantitative estimate of drug-likeness (QED) is 0.429. The number of carbonyl (C=O) groups excluding carboxylic acids is 1. The molecular formula is C19H14F6N4O2S. The molecule has 0 saturated heterocycles. The molecule has 6 nitrogen and oxygen atoms in total. The Kier molecular flexibility index (Phi) is 6.53. The molecule has 1 aromatic heterocycles. The fourth-order valence-corrected chi connectivity index (χ4v) is 3.48. The first-order valence-corrected chi connectivity index (χ1v) is 9.95. The van der Waals surface area contributed by atoms with Gasteiger partial charge in [0.15, 0.2) is 0 Å². The number of nitrogens with two attached hydrogens (primary N) is 1. The van der Waals surface area contributed by atoms with Gasteiger partial charge in [-0.25, -0.2) is 4.68 Å². The van der Waals surface area contributed by atoms with Crippen LogP contribution in [0.3, 0.4) is 0 Å². The number of nitrogens with one attached hydrogen (secondary N) is 1. The lowest BCUT2D eigenvalue weighted by atomic mass is 10.0. The summed E-state index contributed by atoms with van der Waals surface area (Å²) >= 11 is -2.17. The second-order valence-electron chi connectivity index (χ2n) is 6.53. The van der Waals surface area contributed by atoms with E-state index in [4.69, 9.17) is 5.14 Å². The number of rotatable bonds is 5. The minimum atomic E-state index is -4.64. The molecule has 0 aliphatic heterocycles. The molecule has 170 valence electrons. The molecule has 0 spiro atoms. The van der Waals surface area contributed by atoms with Crippen LogP contribution < -0.4 is 10.5 Å². The van der Waals surface area contributed by atoms with E-state index >= 15 is 0 Å². The highest BCUT2D eigenvalue weighted by atomic mass is 32.2. The molecule has 1 atom stereocenters. The Balaban J connectivity index is 1.84. The van der Waals surface area contributed by atoms with Crippen molar-refractivity contribution in [3.63, 3.8) is 0 Å². The lowest BCUT2D eigenvalue weighted by Crippen LogP contribution is -2.19. The Labute approximate surface area is 180 Å². The largest absolute Gasteiger partial charge is 0.593 e. The van der Waals surface area contributed by atoms with Crippen molar-refractivity contribution in [2.45, 2.75) is 23.7 Å². The Morgan fingerprint density at radius 3 is 2.38 bits per heavy atom. The van der Waals surface area contributed by atoms with Gasteiger partial charge in [0.25, 0.3) is 0 Å². The van der Waals surface area contributed by atoms with Crippen LogP contribution in [0.25, 0.3) is 5.69 Å². The standard InChI is InChI=1S/C19H14F6N4O2S/c20-18(21,22)12-9-27-29(10-12)15-6-5-13(8-16(15)32(26)31)28-17(30)7-11-3-1-2-4-14(11)19(23,24)25/h1-6,8-10H,7,26H2,(H,28,30). The monoisotopic (exact) mass is 476 g/mol. The van der Waals surface area contributed by atoms with Gasteiger partial charge >= 0.3 is 12.4 Å². The predicted octanol–water partition coefficient (Wildman–Crippen LogP) is 4.07. The number of aromatic nitrogens is 2. The van der Waals surface area contributed by atoms with Gasteiger partial charge in [0.1, 0.15) is 5.69 Å². The summed E-state index contributed by atoms with van der Waals surface area (Å²) in [6.45, 7) is 0. The molecule has 0 aliphatic rings. The first kappa shape index (κ1) is 23.6. The lowest BCUT2D eigenvalue weighted by molar-refractivity contribution is -0.138. The van der Waals surface area contributed by atoms with Gasteiger partial charge in [-0.05, 0) is 23.8 Å². The normalized spacial score (nSPS) is 13.1. The van der Waals surface area contributed by atoms with E-state index in [1.165, 1.54) is 30.3 Å². The van der Waals surface area contributed by atoms with Crippen LogP contribution in [0.1, 0.15) is 16.7 Å². The zero-order valence-corrected chi connectivity index (χ0v) is 16.7. The molecule has 3 N–H and O–H groups in total. The van der Waals surface area contributed by atoms with Crippen LogP contribution in [0, 0.1) is 0 Å². The fraction of sp³-hybridized carbons (Fsp3) is 0.158. The van der Waals surface area contributed by atoms with Gasteiger partial charge in [0.05, 0.1) is 35.1 Å². The van der Waals surface area contributed by atoms with Crippen molar-refractivity contribution >= 4 is 23.0 Å². The molecule has 0 aliphatic carbocycles. The highest BCUT2D eigenvalue weighted by Crippen LogP contribution is 2.33. The summed E-state index contributed by atoms with van der Waals surface area (Å²) in [6, 6.07) is 8.23. The molecule has 1 heterocycles. The Bertz CT molecular complexity index is 1130. The number of nitrogens with zero attached hydrogens (tertiary/aromatic N) is 2. The van der Waals surface area contributed by atoms with Crippen molar-refractivity contribution in [3.05, 3.63) is 71.5 Å². The number of halogens is 6. The smallest absolute Gasteiger partial charge is 0.419 e. The average Bonchev–Trinajstić information content (AvgIpc) is 3.18. The summed E-state index contributed by atoms with van der Waals surface area (Å²) in [6.07, 6.45) is -8.61. The van der Waals surface area contributed by atoms with Gasteiger partial charge in [-0.1, -0.05) is 18.2 Å². The van der Waals surface area contributed by atoms with Crippen LogP contribution >= 0.6 is 0 Å². The van der Waals surface area contributed by atoms with E-state index in [0.29, 0.717) is 12.4 Å². The highest BCUT2D eigenvalue weighted by molar-refractivity contribution is 7.89. The second kappa shape index (κ2) is 8.84. The Morgan fingerprint density at radius 2 is 1.78 bits per heavy atom. The van der Waals surface area contributed by atoms with Gasteiger partial charge < -0.3 is 9.87 Å². The van der Waals surface area contributed by atoms with E-state index in [9.17, 15) is 35.7 Å². The second-order valence-corrected chi connectivity index (χ2v) is 7.57. The molecule has 0 bridgehead atoms.